The lowest BCUT2D eigenvalue weighted by Gasteiger charge is -2.34. The molecule has 2 fully saturated rings. The monoisotopic (exact) mass is 705 g/mol. The number of aromatic amines is 1. The third-order valence-corrected chi connectivity index (χ3v) is 9.76. The summed E-state index contributed by atoms with van der Waals surface area (Å²) in [6, 6.07) is 20.2. The number of amides is 3. The van der Waals surface area contributed by atoms with E-state index in [0.717, 1.165) is 38.5 Å². The molecule has 1 saturated heterocycles. The van der Waals surface area contributed by atoms with E-state index in [1.807, 2.05) is 30.6 Å². The fourth-order valence-electron chi connectivity index (χ4n) is 6.93. The van der Waals surface area contributed by atoms with Crippen LogP contribution in [0.4, 0.5) is 0 Å². The van der Waals surface area contributed by atoms with Crippen LogP contribution in [0.1, 0.15) is 47.3 Å². The molecule has 3 amide bonds. The number of imide groups is 1. The van der Waals surface area contributed by atoms with Crippen LogP contribution in [0.3, 0.4) is 0 Å². The maximum absolute atomic E-state index is 12.9. The zero-order valence-electron chi connectivity index (χ0n) is 28.2. The summed E-state index contributed by atoms with van der Waals surface area (Å²) >= 11 is 0. The lowest BCUT2D eigenvalue weighted by molar-refractivity contribution is -0.136. The first-order valence-corrected chi connectivity index (χ1v) is 17.3. The molecular formula is C40H31N7O6. The van der Waals surface area contributed by atoms with Gasteiger partial charge in [0.2, 0.25) is 23.6 Å². The van der Waals surface area contributed by atoms with Crippen LogP contribution in [0.25, 0.3) is 32.9 Å². The molecule has 1 aliphatic carbocycles. The maximum Gasteiger partial charge on any atom is 0.255 e. The van der Waals surface area contributed by atoms with E-state index >= 15 is 0 Å². The molecule has 1 atom stereocenters. The molecule has 4 aromatic heterocycles. The topological polar surface area (TPSA) is 162 Å². The first-order chi connectivity index (χ1) is 25.9. The van der Waals surface area contributed by atoms with Gasteiger partial charge in [-0.25, -0.2) is 4.98 Å². The standard InChI is InChI=1S/C40H31N7O6/c48-36-10-9-35(39(49)44-36)47-22-25-16-27(6-8-30(25)40(47)50)51-15-1-2-26-5-12-38(46-45-26)53-29-18-28(19-29)52-37-11-4-24(20-42-37)23-3-7-31-32-21-41-14-13-33(32)43-34(31)17-23/h3-8,11-14,16-17,20-21,28-29,35,43H,9-10,15,18-19,22H2,(H,44,48,49). The Bertz CT molecular complexity index is 2460. The first kappa shape index (κ1) is 32.1. The summed E-state index contributed by atoms with van der Waals surface area (Å²) < 4.78 is 17.8. The van der Waals surface area contributed by atoms with Gasteiger partial charge in [-0.1, -0.05) is 18.1 Å². The molecule has 262 valence electrons. The number of rotatable bonds is 8. The van der Waals surface area contributed by atoms with Gasteiger partial charge in [-0.05, 0) is 65.9 Å². The number of benzene rings is 2. The number of hydrogen-bond acceptors (Lipinski definition) is 10. The minimum atomic E-state index is -0.661. The quantitative estimate of drug-likeness (QED) is 0.167. The van der Waals surface area contributed by atoms with E-state index in [1.165, 1.54) is 4.90 Å². The van der Waals surface area contributed by atoms with Gasteiger partial charge in [0.05, 0.1) is 0 Å². The van der Waals surface area contributed by atoms with E-state index in [9.17, 15) is 14.4 Å². The van der Waals surface area contributed by atoms with E-state index in [-0.39, 0.29) is 43.6 Å². The second-order valence-corrected chi connectivity index (χ2v) is 13.2. The number of nitrogens with one attached hydrogen (secondary N) is 2. The Morgan fingerprint density at radius 3 is 2.49 bits per heavy atom. The smallest absolute Gasteiger partial charge is 0.255 e. The highest BCUT2D eigenvalue weighted by atomic mass is 16.5. The fourth-order valence-corrected chi connectivity index (χ4v) is 6.93. The van der Waals surface area contributed by atoms with Crippen molar-refractivity contribution in [2.75, 3.05) is 6.61 Å². The first-order valence-electron chi connectivity index (χ1n) is 17.3. The number of pyridine rings is 2. The number of hydrogen-bond donors (Lipinski definition) is 2. The van der Waals surface area contributed by atoms with Gasteiger partial charge >= 0.3 is 0 Å². The Morgan fingerprint density at radius 1 is 0.830 bits per heavy atom. The molecule has 2 aromatic carbocycles. The van der Waals surface area contributed by atoms with Gasteiger partial charge in [0.25, 0.3) is 5.91 Å². The molecule has 6 aromatic rings. The summed E-state index contributed by atoms with van der Waals surface area (Å²) in [5.41, 5.74) is 5.95. The highest BCUT2D eigenvalue weighted by Gasteiger charge is 2.39. The average Bonchev–Trinajstić information content (AvgIpc) is 3.69. The number of H-pyrrole nitrogens is 1. The summed E-state index contributed by atoms with van der Waals surface area (Å²) in [5.74, 6) is 6.42. The van der Waals surface area contributed by atoms with Crippen LogP contribution < -0.4 is 19.5 Å². The van der Waals surface area contributed by atoms with Crippen LogP contribution in [0, 0.1) is 11.8 Å². The molecule has 13 nitrogen and oxygen atoms in total. The van der Waals surface area contributed by atoms with E-state index in [0.29, 0.717) is 48.0 Å². The van der Waals surface area contributed by atoms with Crippen LogP contribution >= 0.6 is 0 Å². The SMILES string of the molecule is O=C1CCC(N2Cc3cc(OCC#Cc4ccc(OC5CC(Oc6ccc(-c7ccc8c(c7)[nH]c7ccncc78)cn6)C5)nn4)ccc3C2=O)C(=O)N1. The van der Waals surface area contributed by atoms with Crippen LogP contribution in [0.2, 0.25) is 0 Å². The number of carbonyl (C=O) groups excluding carboxylic acids is 3. The minimum absolute atomic E-state index is 0.00296. The molecular weight excluding hydrogens is 674 g/mol. The van der Waals surface area contributed by atoms with Crippen molar-refractivity contribution in [1.29, 1.82) is 0 Å². The van der Waals surface area contributed by atoms with Gasteiger partial charge in [-0.3, -0.25) is 24.7 Å². The van der Waals surface area contributed by atoms with Gasteiger partial charge in [0, 0.05) is 89.5 Å². The molecule has 9 rings (SSSR count). The summed E-state index contributed by atoms with van der Waals surface area (Å²) in [7, 11) is 0. The lowest BCUT2D eigenvalue weighted by Crippen LogP contribution is -2.52. The Kier molecular flexibility index (Phi) is 8.11. The highest BCUT2D eigenvalue weighted by molar-refractivity contribution is 6.08. The molecule has 53 heavy (non-hydrogen) atoms. The van der Waals surface area contributed by atoms with E-state index in [4.69, 9.17) is 14.2 Å². The van der Waals surface area contributed by atoms with Crippen LogP contribution in [-0.2, 0) is 16.1 Å². The molecule has 3 aliphatic rings. The predicted octanol–water partition coefficient (Wildman–Crippen LogP) is 4.75. The third-order valence-electron chi connectivity index (χ3n) is 9.76. The fraction of sp³-hybridized carbons (Fsp3) is 0.225. The summed E-state index contributed by atoms with van der Waals surface area (Å²) in [5, 5.41) is 12.9. The zero-order chi connectivity index (χ0) is 35.9. The molecule has 1 unspecified atom stereocenters. The molecule has 2 aliphatic heterocycles. The Hall–Kier alpha value is -6.81. The number of piperidine rings is 1. The number of aromatic nitrogens is 5. The average molecular weight is 706 g/mol. The number of fused-ring (bicyclic) bond motifs is 4. The lowest BCUT2D eigenvalue weighted by atomic mass is 9.92. The normalized spacial score (nSPS) is 19.3. The molecule has 0 spiro atoms. The molecule has 6 heterocycles. The van der Waals surface area contributed by atoms with Crippen molar-refractivity contribution in [3.8, 4) is 40.5 Å². The Morgan fingerprint density at radius 2 is 1.68 bits per heavy atom. The summed E-state index contributed by atoms with van der Waals surface area (Å²) in [6.07, 6.45) is 7.41. The Labute approximate surface area is 302 Å². The zero-order valence-corrected chi connectivity index (χ0v) is 28.2. The molecule has 2 N–H and O–H groups in total. The van der Waals surface area contributed by atoms with E-state index in [2.05, 4.69) is 60.5 Å². The Balaban J connectivity index is 0.724. The molecule has 1 saturated carbocycles. The van der Waals surface area contributed by atoms with Crippen molar-refractivity contribution in [3.05, 3.63) is 102 Å². The van der Waals surface area contributed by atoms with Crippen molar-refractivity contribution in [3.63, 3.8) is 0 Å². The second kappa shape index (κ2) is 13.4. The van der Waals surface area contributed by atoms with Crippen molar-refractivity contribution in [1.82, 2.24) is 35.4 Å². The van der Waals surface area contributed by atoms with Gasteiger partial charge in [0.15, 0.2) is 0 Å². The predicted molar refractivity (Wildman–Crippen MR) is 192 cm³/mol. The molecule has 0 bridgehead atoms. The summed E-state index contributed by atoms with van der Waals surface area (Å²) in [4.78, 5) is 50.4. The molecule has 13 heteroatoms. The maximum atomic E-state index is 12.9. The number of carbonyl (C=O) groups is 3. The van der Waals surface area contributed by atoms with E-state index in [1.54, 1.807) is 36.5 Å². The van der Waals surface area contributed by atoms with Crippen LogP contribution in [-0.4, -0.2) is 72.6 Å². The highest BCUT2D eigenvalue weighted by Crippen LogP contribution is 2.32. The van der Waals surface area contributed by atoms with Crippen molar-refractivity contribution in [2.24, 2.45) is 0 Å². The van der Waals surface area contributed by atoms with E-state index < -0.39 is 11.9 Å². The van der Waals surface area contributed by atoms with Crippen LogP contribution in [0.5, 0.6) is 17.5 Å². The van der Waals surface area contributed by atoms with Gasteiger partial charge in [-0.15, -0.1) is 10.2 Å². The second-order valence-electron chi connectivity index (χ2n) is 13.2. The third kappa shape index (κ3) is 6.46. The van der Waals surface area contributed by atoms with Gasteiger partial charge in [0.1, 0.15) is 36.3 Å². The van der Waals surface area contributed by atoms with Crippen molar-refractivity contribution < 1.29 is 28.6 Å². The van der Waals surface area contributed by atoms with Gasteiger partial charge < -0.3 is 24.1 Å². The van der Waals surface area contributed by atoms with Crippen molar-refractivity contribution >= 4 is 39.5 Å². The number of nitrogens with zero attached hydrogens (tertiary/aromatic N) is 5. The van der Waals surface area contributed by atoms with Crippen LogP contribution in [0.15, 0.2) is 85.3 Å². The molecule has 0 radical (unpaired) electrons. The van der Waals surface area contributed by atoms with Crippen molar-refractivity contribution in [2.45, 2.75) is 50.5 Å². The van der Waals surface area contributed by atoms with Gasteiger partial charge in [-0.2, -0.15) is 0 Å². The minimum Gasteiger partial charge on any atom is -0.481 e. The largest absolute Gasteiger partial charge is 0.481 e. The summed E-state index contributed by atoms with van der Waals surface area (Å²) in [6.45, 7) is 0.376. The number of ether oxygens (including phenoxy) is 3.